The van der Waals surface area contributed by atoms with Gasteiger partial charge in [-0.3, -0.25) is 14.3 Å². The third kappa shape index (κ3) is 3.20. The normalized spacial score (nSPS) is 15.0. The largest absolute Gasteiger partial charge is 0.360 e. The molecule has 0 bridgehead atoms. The smallest absolute Gasteiger partial charge is 0.255 e. The van der Waals surface area contributed by atoms with Crippen molar-refractivity contribution in [2.24, 2.45) is 5.73 Å². The fourth-order valence-electron chi connectivity index (χ4n) is 4.84. The summed E-state index contributed by atoms with van der Waals surface area (Å²) in [6, 6.07) is 12.0. The first-order valence-electron chi connectivity index (χ1n) is 11.0. The summed E-state index contributed by atoms with van der Waals surface area (Å²) in [4.78, 5) is 28.1. The molecule has 0 spiro atoms. The number of aromatic amines is 1. The standard InChI is InChI=1S/C25H28N6O/c1-15(2)31-24-29-22(10-23(32)30(24)14-25(31,3)4)19-13-28-21-8-6-17(9-18(19)21)20-7-5-16(11-26)12-27-20/h5-10,12-13,15,28H,11,14,26H2,1-4H3. The zero-order chi connectivity index (χ0) is 22.6. The molecule has 1 aliphatic rings. The topological polar surface area (TPSA) is 92.8 Å². The number of anilines is 1. The lowest BCUT2D eigenvalue weighted by Gasteiger charge is -2.35. The maximum absolute atomic E-state index is 13.0. The second-order valence-corrected chi connectivity index (χ2v) is 9.36. The number of nitrogens with zero attached hydrogens (tertiary/aromatic N) is 4. The van der Waals surface area contributed by atoms with Crippen molar-refractivity contribution in [1.82, 2.24) is 19.5 Å². The monoisotopic (exact) mass is 428 g/mol. The van der Waals surface area contributed by atoms with Crippen LogP contribution in [0.3, 0.4) is 0 Å². The Kier molecular flexibility index (Phi) is 4.67. The lowest BCUT2D eigenvalue weighted by molar-refractivity contribution is 0.425. The van der Waals surface area contributed by atoms with E-state index in [9.17, 15) is 4.79 Å². The number of nitrogens with one attached hydrogen (secondary N) is 1. The Hall–Kier alpha value is -3.45. The van der Waals surface area contributed by atoms with E-state index >= 15 is 0 Å². The van der Waals surface area contributed by atoms with Gasteiger partial charge in [0.2, 0.25) is 5.95 Å². The molecule has 7 nitrogen and oxygen atoms in total. The predicted octanol–water partition coefficient (Wildman–Crippen LogP) is 3.92. The highest BCUT2D eigenvalue weighted by molar-refractivity contribution is 5.97. The fraction of sp³-hybridized carbons (Fsp3) is 0.320. The number of rotatable bonds is 4. The summed E-state index contributed by atoms with van der Waals surface area (Å²) in [5.41, 5.74) is 11.0. The summed E-state index contributed by atoms with van der Waals surface area (Å²) in [6.07, 6.45) is 3.74. The van der Waals surface area contributed by atoms with Gasteiger partial charge in [-0.25, -0.2) is 4.98 Å². The van der Waals surface area contributed by atoms with Crippen LogP contribution in [0.25, 0.3) is 33.4 Å². The van der Waals surface area contributed by atoms with Crippen LogP contribution in [0.15, 0.2) is 53.6 Å². The minimum absolute atomic E-state index is 0.0224. The van der Waals surface area contributed by atoms with Crippen LogP contribution >= 0.6 is 0 Å². The zero-order valence-electron chi connectivity index (χ0n) is 18.9. The van der Waals surface area contributed by atoms with E-state index in [1.807, 2.05) is 36.7 Å². The molecule has 0 radical (unpaired) electrons. The molecule has 3 N–H and O–H groups in total. The van der Waals surface area contributed by atoms with Crippen LogP contribution in [0, 0.1) is 0 Å². The maximum Gasteiger partial charge on any atom is 0.255 e. The van der Waals surface area contributed by atoms with Gasteiger partial charge in [-0.2, -0.15) is 0 Å². The van der Waals surface area contributed by atoms with Gasteiger partial charge in [-0.1, -0.05) is 12.1 Å². The van der Waals surface area contributed by atoms with Crippen molar-refractivity contribution < 1.29 is 0 Å². The maximum atomic E-state index is 13.0. The van der Waals surface area contributed by atoms with E-state index in [-0.39, 0.29) is 17.1 Å². The van der Waals surface area contributed by atoms with Crippen molar-refractivity contribution >= 4 is 16.9 Å². The number of fused-ring (bicyclic) bond motifs is 2. The molecule has 32 heavy (non-hydrogen) atoms. The number of benzene rings is 1. The highest BCUT2D eigenvalue weighted by atomic mass is 16.1. The summed E-state index contributed by atoms with van der Waals surface area (Å²) in [5, 5.41) is 1.01. The third-order valence-electron chi connectivity index (χ3n) is 6.23. The number of nitrogens with two attached hydrogens (primary N) is 1. The fourth-order valence-corrected chi connectivity index (χ4v) is 4.84. The molecular formula is C25H28N6O. The zero-order valence-corrected chi connectivity index (χ0v) is 18.9. The Labute approximate surface area is 186 Å². The van der Waals surface area contributed by atoms with Crippen LogP contribution in [-0.2, 0) is 13.1 Å². The lowest BCUT2D eigenvalue weighted by atomic mass is 10.0. The average molecular weight is 429 g/mol. The Morgan fingerprint density at radius 1 is 1.16 bits per heavy atom. The molecule has 0 unspecified atom stereocenters. The van der Waals surface area contributed by atoms with Gasteiger partial charge < -0.3 is 15.6 Å². The Balaban J connectivity index is 1.64. The van der Waals surface area contributed by atoms with Crippen LogP contribution in [-0.4, -0.2) is 31.1 Å². The molecule has 1 aliphatic heterocycles. The van der Waals surface area contributed by atoms with Crippen molar-refractivity contribution in [2.45, 2.75) is 52.4 Å². The van der Waals surface area contributed by atoms with Gasteiger partial charge in [0.05, 0.1) is 23.5 Å². The number of hydrogen-bond donors (Lipinski definition) is 2. The third-order valence-corrected chi connectivity index (χ3v) is 6.23. The van der Waals surface area contributed by atoms with Gasteiger partial charge in [0.1, 0.15) is 0 Å². The van der Waals surface area contributed by atoms with Gasteiger partial charge >= 0.3 is 0 Å². The summed E-state index contributed by atoms with van der Waals surface area (Å²) in [5.74, 6) is 0.733. The van der Waals surface area contributed by atoms with Gasteiger partial charge in [0.15, 0.2) is 0 Å². The van der Waals surface area contributed by atoms with Crippen molar-refractivity contribution in [2.75, 3.05) is 4.90 Å². The van der Waals surface area contributed by atoms with Crippen LogP contribution < -0.4 is 16.2 Å². The molecule has 0 saturated carbocycles. The van der Waals surface area contributed by atoms with E-state index in [4.69, 9.17) is 10.7 Å². The lowest BCUT2D eigenvalue weighted by Crippen LogP contribution is -2.45. The van der Waals surface area contributed by atoms with Crippen molar-refractivity contribution in [1.29, 1.82) is 0 Å². The molecular weight excluding hydrogens is 400 g/mol. The van der Waals surface area contributed by atoms with Crippen molar-refractivity contribution in [3.63, 3.8) is 0 Å². The summed E-state index contributed by atoms with van der Waals surface area (Å²) in [7, 11) is 0. The number of hydrogen-bond acceptors (Lipinski definition) is 5. The van der Waals surface area contributed by atoms with E-state index in [0.29, 0.717) is 18.8 Å². The number of pyridine rings is 1. The average Bonchev–Trinajstić information content (AvgIpc) is 3.30. The van der Waals surface area contributed by atoms with Crippen LogP contribution in [0.2, 0.25) is 0 Å². The summed E-state index contributed by atoms with van der Waals surface area (Å²) in [6.45, 7) is 9.69. The molecule has 0 atom stereocenters. The quantitative estimate of drug-likeness (QED) is 0.514. The molecule has 4 aromatic rings. The minimum atomic E-state index is -0.166. The first-order valence-corrected chi connectivity index (χ1v) is 11.0. The van der Waals surface area contributed by atoms with Gasteiger partial charge in [0, 0.05) is 53.1 Å². The van der Waals surface area contributed by atoms with E-state index in [2.05, 4.69) is 48.6 Å². The SMILES string of the molecule is CC(C)N1c2nc(-c3c[nH]c4ccc(-c5ccc(CN)cn5)cc34)cc(=O)n2CC1(C)C. The molecule has 164 valence electrons. The molecule has 0 aliphatic carbocycles. The molecule has 5 rings (SSSR count). The molecule has 1 aromatic carbocycles. The number of aromatic nitrogens is 4. The van der Waals surface area contributed by atoms with Gasteiger partial charge in [-0.15, -0.1) is 0 Å². The van der Waals surface area contributed by atoms with Crippen LogP contribution in [0.5, 0.6) is 0 Å². The summed E-state index contributed by atoms with van der Waals surface area (Å²) >= 11 is 0. The van der Waals surface area contributed by atoms with E-state index in [1.165, 1.54) is 0 Å². The predicted molar refractivity (Wildman–Crippen MR) is 129 cm³/mol. The first-order chi connectivity index (χ1) is 15.3. The molecule has 3 aromatic heterocycles. The summed E-state index contributed by atoms with van der Waals surface area (Å²) < 4.78 is 1.78. The minimum Gasteiger partial charge on any atom is -0.360 e. The van der Waals surface area contributed by atoms with Crippen molar-refractivity contribution in [3.8, 4) is 22.5 Å². The molecule has 0 fully saturated rings. The van der Waals surface area contributed by atoms with Gasteiger partial charge in [-0.05, 0) is 51.5 Å². The highest BCUT2D eigenvalue weighted by Crippen LogP contribution is 2.36. The molecule has 4 heterocycles. The van der Waals surface area contributed by atoms with E-state index in [1.54, 1.807) is 10.6 Å². The Morgan fingerprint density at radius 3 is 2.66 bits per heavy atom. The second-order valence-electron chi connectivity index (χ2n) is 9.36. The van der Waals surface area contributed by atoms with E-state index < -0.39 is 0 Å². The molecule has 7 heteroatoms. The van der Waals surface area contributed by atoms with Crippen LogP contribution in [0.4, 0.5) is 5.95 Å². The van der Waals surface area contributed by atoms with Gasteiger partial charge in [0.25, 0.3) is 5.56 Å². The molecule has 0 amide bonds. The van der Waals surface area contributed by atoms with Crippen LogP contribution in [0.1, 0.15) is 33.3 Å². The Morgan fingerprint density at radius 2 is 1.97 bits per heavy atom. The Bertz CT molecular complexity index is 1360. The second kappa shape index (κ2) is 7.31. The van der Waals surface area contributed by atoms with E-state index in [0.717, 1.165) is 39.2 Å². The number of H-pyrrole nitrogens is 1. The molecule has 0 saturated heterocycles. The first kappa shape index (κ1) is 20.5. The van der Waals surface area contributed by atoms with Crippen molar-refractivity contribution in [3.05, 3.63) is 64.7 Å². The highest BCUT2D eigenvalue weighted by Gasteiger charge is 2.39.